The van der Waals surface area contributed by atoms with Gasteiger partial charge in [-0.2, -0.15) is 0 Å². The van der Waals surface area contributed by atoms with Crippen LogP contribution in [0.15, 0.2) is 66.0 Å². The molecule has 42 heavy (non-hydrogen) atoms. The van der Waals surface area contributed by atoms with Crippen molar-refractivity contribution in [2.24, 2.45) is 0 Å². The maximum Gasteiger partial charge on any atom is 0.306 e. The van der Waals surface area contributed by atoms with E-state index in [1.165, 1.54) is 26.8 Å². The van der Waals surface area contributed by atoms with Gasteiger partial charge in [-0.25, -0.2) is 0 Å². The molecule has 0 unspecified atom stereocenters. The van der Waals surface area contributed by atoms with E-state index in [0.29, 0.717) is 26.1 Å². The van der Waals surface area contributed by atoms with Crippen molar-refractivity contribution in [1.29, 1.82) is 0 Å². The predicted molar refractivity (Wildman–Crippen MR) is 164 cm³/mol. The van der Waals surface area contributed by atoms with Gasteiger partial charge in [0, 0.05) is 46.7 Å². The van der Waals surface area contributed by atoms with Gasteiger partial charge >= 0.3 is 5.97 Å². The monoisotopic (exact) mass is 584 g/mol. The first-order valence-electron chi connectivity index (χ1n) is 14.7. The van der Waals surface area contributed by atoms with Crippen LogP contribution >= 0.6 is 11.3 Å². The molecule has 3 aromatic carbocycles. The third kappa shape index (κ3) is 6.08. The molecule has 2 fully saturated rings. The second-order valence-electron chi connectivity index (χ2n) is 11.4. The van der Waals surface area contributed by atoms with E-state index >= 15 is 0 Å². The standard InChI is InChI=1S/C35H36O6S/c1-3-39-34(37)20-35(18-26(36)19-35)25-5-7-27(8-6-25)40-21-24-4-11-33-31(17-24)32(22-42-33)30-10-9-29(16-23(30)2)41-28-12-14-38-15-13-28/h4-11,16-17,22,28H,3,12-15,18-21H2,1-2H3. The molecule has 6 rings (SSSR count). The molecule has 1 aromatic heterocycles. The molecule has 0 spiro atoms. The lowest BCUT2D eigenvalue weighted by Gasteiger charge is -2.40. The van der Waals surface area contributed by atoms with Crippen LogP contribution in [0.4, 0.5) is 0 Å². The number of hydrogen-bond acceptors (Lipinski definition) is 7. The average molecular weight is 585 g/mol. The van der Waals surface area contributed by atoms with Crippen LogP contribution in [0.5, 0.6) is 11.5 Å². The molecule has 0 atom stereocenters. The molecule has 0 bridgehead atoms. The van der Waals surface area contributed by atoms with Gasteiger partial charge in [0.15, 0.2) is 0 Å². The van der Waals surface area contributed by atoms with E-state index in [1.54, 1.807) is 18.3 Å². The van der Waals surface area contributed by atoms with E-state index < -0.39 is 5.41 Å². The number of aryl methyl sites for hydroxylation is 1. The molecule has 2 aliphatic rings. The number of hydrogen-bond donors (Lipinski definition) is 0. The molecule has 1 aliphatic carbocycles. The number of thiophene rings is 1. The van der Waals surface area contributed by atoms with Crippen LogP contribution in [0.25, 0.3) is 21.2 Å². The first-order valence-corrected chi connectivity index (χ1v) is 15.6. The summed E-state index contributed by atoms with van der Waals surface area (Å²) in [6.07, 6.45) is 3.06. The van der Waals surface area contributed by atoms with Crippen molar-refractivity contribution >= 4 is 33.2 Å². The van der Waals surface area contributed by atoms with Crippen molar-refractivity contribution in [3.63, 3.8) is 0 Å². The fourth-order valence-corrected chi connectivity index (χ4v) is 7.01. The third-order valence-electron chi connectivity index (χ3n) is 8.33. The van der Waals surface area contributed by atoms with E-state index in [9.17, 15) is 9.59 Å². The van der Waals surface area contributed by atoms with Crippen molar-refractivity contribution in [2.45, 2.75) is 64.1 Å². The number of carbonyl (C=O) groups excluding carboxylic acids is 2. The van der Waals surface area contributed by atoms with Crippen molar-refractivity contribution in [1.82, 2.24) is 0 Å². The van der Waals surface area contributed by atoms with E-state index in [1.807, 2.05) is 24.3 Å². The van der Waals surface area contributed by atoms with Gasteiger partial charge in [-0.3, -0.25) is 9.59 Å². The zero-order chi connectivity index (χ0) is 29.1. The summed E-state index contributed by atoms with van der Waals surface area (Å²) in [7, 11) is 0. The van der Waals surface area contributed by atoms with Crippen molar-refractivity contribution in [3.8, 4) is 22.6 Å². The number of Topliss-reactive ketones (excluding diaryl/α,β-unsaturated/α-hetero) is 1. The number of ketones is 1. The van der Waals surface area contributed by atoms with E-state index in [-0.39, 0.29) is 24.3 Å². The zero-order valence-electron chi connectivity index (χ0n) is 24.1. The van der Waals surface area contributed by atoms with Crippen molar-refractivity contribution in [3.05, 3.63) is 82.7 Å². The second kappa shape index (κ2) is 12.3. The first-order chi connectivity index (χ1) is 20.4. The van der Waals surface area contributed by atoms with Crippen LogP contribution in [0.3, 0.4) is 0 Å². The number of carbonyl (C=O) groups is 2. The van der Waals surface area contributed by atoms with Gasteiger partial charge in [0.2, 0.25) is 0 Å². The maximum atomic E-state index is 12.2. The lowest BCUT2D eigenvalue weighted by Crippen LogP contribution is -2.43. The molecule has 2 heterocycles. The molecular formula is C35H36O6S. The minimum atomic E-state index is -0.463. The van der Waals surface area contributed by atoms with Gasteiger partial charge in [0.1, 0.15) is 30.0 Å². The number of ether oxygens (including phenoxy) is 4. The SMILES string of the molecule is CCOC(=O)CC1(c2ccc(OCc3ccc4scc(-c5ccc(OC6CCOCC6)cc5C)c4c3)cc2)CC(=O)C1. The van der Waals surface area contributed by atoms with Gasteiger partial charge in [0.25, 0.3) is 0 Å². The quantitative estimate of drug-likeness (QED) is 0.179. The van der Waals surface area contributed by atoms with Gasteiger partial charge in [-0.1, -0.05) is 24.3 Å². The van der Waals surface area contributed by atoms with Crippen LogP contribution in [-0.4, -0.2) is 37.7 Å². The summed E-state index contributed by atoms with van der Waals surface area (Å²) < 4.78 is 24.2. The van der Waals surface area contributed by atoms with Crippen LogP contribution in [0.1, 0.15) is 55.7 Å². The van der Waals surface area contributed by atoms with Crippen LogP contribution in [0, 0.1) is 6.92 Å². The number of fused-ring (bicyclic) bond motifs is 1. The second-order valence-corrected chi connectivity index (χ2v) is 12.3. The number of rotatable bonds is 10. The van der Waals surface area contributed by atoms with Gasteiger partial charge in [-0.15, -0.1) is 11.3 Å². The Morgan fingerprint density at radius 3 is 2.45 bits per heavy atom. The summed E-state index contributed by atoms with van der Waals surface area (Å²) in [5.41, 5.74) is 5.22. The van der Waals surface area contributed by atoms with Gasteiger partial charge < -0.3 is 18.9 Å². The topological polar surface area (TPSA) is 71.1 Å². The normalized spacial score (nSPS) is 16.7. The van der Waals surface area contributed by atoms with Gasteiger partial charge in [-0.05, 0) is 77.9 Å². The Labute approximate surface area is 250 Å². The Kier molecular flexibility index (Phi) is 8.31. The summed E-state index contributed by atoms with van der Waals surface area (Å²) in [5.74, 6) is 1.58. The van der Waals surface area contributed by atoms with Crippen LogP contribution in [-0.2, 0) is 31.1 Å². The average Bonchev–Trinajstić information content (AvgIpc) is 3.39. The Balaban J connectivity index is 1.14. The number of benzene rings is 3. The molecule has 4 aromatic rings. The number of esters is 1. The summed E-state index contributed by atoms with van der Waals surface area (Å²) in [6, 6.07) is 20.7. The summed E-state index contributed by atoms with van der Waals surface area (Å²) in [6.45, 7) is 6.24. The predicted octanol–water partition coefficient (Wildman–Crippen LogP) is 7.57. The Morgan fingerprint density at radius 1 is 0.976 bits per heavy atom. The minimum absolute atomic E-state index is 0.178. The minimum Gasteiger partial charge on any atom is -0.490 e. The van der Waals surface area contributed by atoms with Crippen LogP contribution < -0.4 is 9.47 Å². The van der Waals surface area contributed by atoms with Crippen molar-refractivity contribution in [2.75, 3.05) is 19.8 Å². The molecule has 0 amide bonds. The summed E-state index contributed by atoms with van der Waals surface area (Å²) in [4.78, 5) is 24.0. The highest BCUT2D eigenvalue weighted by Crippen LogP contribution is 2.45. The van der Waals surface area contributed by atoms with Crippen molar-refractivity contribution < 1.29 is 28.5 Å². The molecule has 1 saturated heterocycles. The maximum absolute atomic E-state index is 12.2. The molecule has 1 aliphatic heterocycles. The molecule has 218 valence electrons. The molecule has 6 nitrogen and oxygen atoms in total. The highest BCUT2D eigenvalue weighted by Gasteiger charge is 2.46. The lowest BCUT2D eigenvalue weighted by molar-refractivity contribution is -0.147. The Bertz CT molecular complexity index is 1570. The van der Waals surface area contributed by atoms with E-state index in [2.05, 4.69) is 48.7 Å². The largest absolute Gasteiger partial charge is 0.490 e. The third-order valence-corrected chi connectivity index (χ3v) is 9.29. The Morgan fingerprint density at radius 2 is 1.74 bits per heavy atom. The first kappa shape index (κ1) is 28.4. The Hall–Kier alpha value is -3.68. The fourth-order valence-electron chi connectivity index (χ4n) is 6.07. The van der Waals surface area contributed by atoms with E-state index in [0.717, 1.165) is 48.7 Å². The molecular weight excluding hydrogens is 548 g/mol. The van der Waals surface area contributed by atoms with E-state index in [4.69, 9.17) is 18.9 Å². The summed E-state index contributed by atoms with van der Waals surface area (Å²) >= 11 is 1.75. The van der Waals surface area contributed by atoms with Crippen LogP contribution in [0.2, 0.25) is 0 Å². The molecule has 0 radical (unpaired) electrons. The molecule has 1 saturated carbocycles. The lowest BCUT2D eigenvalue weighted by atomic mass is 9.62. The van der Waals surface area contributed by atoms with Gasteiger partial charge in [0.05, 0.1) is 26.2 Å². The smallest absolute Gasteiger partial charge is 0.306 e. The highest BCUT2D eigenvalue weighted by molar-refractivity contribution is 7.17. The molecule has 0 N–H and O–H groups in total. The highest BCUT2D eigenvalue weighted by atomic mass is 32.1. The molecule has 7 heteroatoms. The zero-order valence-corrected chi connectivity index (χ0v) is 25.0. The summed E-state index contributed by atoms with van der Waals surface area (Å²) in [5, 5.41) is 3.44. The fraction of sp³-hybridized carbons (Fsp3) is 0.371.